The molecule has 1 amide bonds. The molecule has 0 aromatic carbocycles. The minimum Gasteiger partial charge on any atom is -0.382 e. The molecule has 1 N–H and O–H groups in total. The quantitative estimate of drug-likeness (QED) is 0.671. The van der Waals surface area contributed by atoms with Crippen molar-refractivity contribution in [3.8, 4) is 0 Å². The average molecular weight is 272 g/mol. The van der Waals surface area contributed by atoms with E-state index in [1.807, 2.05) is 11.8 Å². The molecule has 1 saturated heterocycles. The lowest BCUT2D eigenvalue weighted by Crippen LogP contribution is -2.46. The molecular formula is C14H28N2O3. The van der Waals surface area contributed by atoms with E-state index in [0.29, 0.717) is 26.4 Å². The lowest BCUT2D eigenvalue weighted by molar-refractivity contribution is -0.133. The van der Waals surface area contributed by atoms with Crippen LogP contribution in [0.3, 0.4) is 0 Å². The summed E-state index contributed by atoms with van der Waals surface area (Å²) in [5, 5.41) is 3.22. The summed E-state index contributed by atoms with van der Waals surface area (Å²) in [6.45, 7) is 6.28. The van der Waals surface area contributed by atoms with E-state index in [9.17, 15) is 4.79 Å². The Morgan fingerprint density at radius 3 is 2.47 bits per heavy atom. The Kier molecular flexibility index (Phi) is 8.79. The molecule has 1 aliphatic rings. The first-order valence-electron chi connectivity index (χ1n) is 7.34. The van der Waals surface area contributed by atoms with Crippen LogP contribution >= 0.6 is 0 Å². The average Bonchev–Trinajstić information content (AvgIpc) is 2.70. The van der Waals surface area contributed by atoms with Gasteiger partial charge in [-0.3, -0.25) is 4.79 Å². The van der Waals surface area contributed by atoms with Crippen LogP contribution in [0.2, 0.25) is 0 Å². The summed E-state index contributed by atoms with van der Waals surface area (Å²) >= 11 is 0. The molecule has 0 saturated carbocycles. The van der Waals surface area contributed by atoms with Crippen LogP contribution in [0.5, 0.6) is 0 Å². The fraction of sp³-hybridized carbons (Fsp3) is 0.929. The van der Waals surface area contributed by atoms with Gasteiger partial charge < -0.3 is 19.7 Å². The van der Waals surface area contributed by atoms with E-state index in [0.717, 1.165) is 25.9 Å². The van der Waals surface area contributed by atoms with Crippen LogP contribution < -0.4 is 5.32 Å². The Hall–Kier alpha value is -0.650. The van der Waals surface area contributed by atoms with Gasteiger partial charge in [-0.15, -0.1) is 0 Å². The third kappa shape index (κ3) is 6.89. The fourth-order valence-electron chi connectivity index (χ4n) is 2.24. The monoisotopic (exact) mass is 272 g/mol. The summed E-state index contributed by atoms with van der Waals surface area (Å²) in [4.78, 5) is 14.2. The van der Waals surface area contributed by atoms with Gasteiger partial charge in [-0.05, 0) is 19.8 Å². The van der Waals surface area contributed by atoms with Gasteiger partial charge in [0.2, 0.25) is 5.91 Å². The predicted octanol–water partition coefficient (Wildman–Crippen LogP) is 1.03. The van der Waals surface area contributed by atoms with Crippen molar-refractivity contribution >= 4 is 5.91 Å². The molecule has 1 rings (SSSR count). The highest BCUT2D eigenvalue weighted by molar-refractivity contribution is 5.81. The molecular weight excluding hydrogens is 244 g/mol. The van der Waals surface area contributed by atoms with Crippen molar-refractivity contribution in [1.82, 2.24) is 10.2 Å². The highest BCUT2D eigenvalue weighted by atomic mass is 16.5. The maximum atomic E-state index is 12.2. The number of methoxy groups -OCH3 is 1. The standard InChI is InChI=1S/C14H28N2O3/c1-13(15-7-10-19-12-11-18-2)14(17)16-8-5-3-4-6-9-16/h13,15H,3-12H2,1-2H3. The molecule has 1 fully saturated rings. The number of nitrogens with zero attached hydrogens (tertiary/aromatic N) is 1. The number of rotatable bonds is 8. The first kappa shape index (κ1) is 16.4. The minimum absolute atomic E-state index is 0.121. The molecule has 0 radical (unpaired) electrons. The molecule has 5 heteroatoms. The zero-order valence-corrected chi connectivity index (χ0v) is 12.3. The van der Waals surface area contributed by atoms with Crippen molar-refractivity contribution in [2.75, 3.05) is 46.6 Å². The van der Waals surface area contributed by atoms with Crippen LogP contribution in [-0.2, 0) is 14.3 Å². The largest absolute Gasteiger partial charge is 0.382 e. The molecule has 0 bridgehead atoms. The van der Waals surface area contributed by atoms with Gasteiger partial charge in [0, 0.05) is 26.7 Å². The van der Waals surface area contributed by atoms with Crippen molar-refractivity contribution in [3.05, 3.63) is 0 Å². The number of hydrogen-bond donors (Lipinski definition) is 1. The highest BCUT2D eigenvalue weighted by Gasteiger charge is 2.20. The number of carbonyl (C=O) groups excluding carboxylic acids is 1. The van der Waals surface area contributed by atoms with E-state index in [1.54, 1.807) is 7.11 Å². The van der Waals surface area contributed by atoms with Crippen molar-refractivity contribution in [3.63, 3.8) is 0 Å². The first-order valence-corrected chi connectivity index (χ1v) is 7.34. The highest BCUT2D eigenvalue weighted by Crippen LogP contribution is 2.10. The summed E-state index contributed by atoms with van der Waals surface area (Å²) in [5.74, 6) is 0.221. The second-order valence-electron chi connectivity index (χ2n) is 5.02. The molecule has 1 aliphatic heterocycles. The smallest absolute Gasteiger partial charge is 0.239 e. The van der Waals surface area contributed by atoms with E-state index in [-0.39, 0.29) is 11.9 Å². The number of carbonyl (C=O) groups is 1. The Morgan fingerprint density at radius 1 is 1.16 bits per heavy atom. The molecule has 0 aliphatic carbocycles. The van der Waals surface area contributed by atoms with Gasteiger partial charge in [0.15, 0.2) is 0 Å². The van der Waals surface area contributed by atoms with E-state index in [1.165, 1.54) is 12.8 Å². The second-order valence-corrected chi connectivity index (χ2v) is 5.02. The van der Waals surface area contributed by atoms with E-state index >= 15 is 0 Å². The van der Waals surface area contributed by atoms with Crippen LogP contribution in [0, 0.1) is 0 Å². The summed E-state index contributed by atoms with van der Waals surface area (Å²) < 4.78 is 10.2. The number of likely N-dealkylation sites (tertiary alicyclic amines) is 1. The molecule has 5 nitrogen and oxygen atoms in total. The molecule has 0 aromatic rings. The van der Waals surface area contributed by atoms with Crippen LogP contribution in [0.1, 0.15) is 32.6 Å². The fourth-order valence-corrected chi connectivity index (χ4v) is 2.24. The van der Waals surface area contributed by atoms with Crippen LogP contribution in [0.15, 0.2) is 0 Å². The Labute approximate surface area is 116 Å². The van der Waals surface area contributed by atoms with Crippen LogP contribution in [0.4, 0.5) is 0 Å². The maximum absolute atomic E-state index is 12.2. The number of ether oxygens (including phenoxy) is 2. The van der Waals surface area contributed by atoms with E-state index in [4.69, 9.17) is 9.47 Å². The van der Waals surface area contributed by atoms with Crippen molar-refractivity contribution < 1.29 is 14.3 Å². The van der Waals surface area contributed by atoms with Gasteiger partial charge in [0.1, 0.15) is 0 Å². The second kappa shape index (κ2) is 10.2. The molecule has 1 atom stereocenters. The third-order valence-electron chi connectivity index (χ3n) is 3.42. The zero-order valence-electron chi connectivity index (χ0n) is 12.3. The molecule has 0 spiro atoms. The summed E-state index contributed by atoms with van der Waals surface area (Å²) in [5.41, 5.74) is 0. The third-order valence-corrected chi connectivity index (χ3v) is 3.42. The van der Waals surface area contributed by atoms with Crippen LogP contribution in [0.25, 0.3) is 0 Å². The van der Waals surface area contributed by atoms with Crippen molar-refractivity contribution in [2.24, 2.45) is 0 Å². The first-order chi connectivity index (χ1) is 9.25. The summed E-state index contributed by atoms with van der Waals surface area (Å²) in [6.07, 6.45) is 4.77. The Morgan fingerprint density at radius 2 is 1.84 bits per heavy atom. The molecule has 1 heterocycles. The van der Waals surface area contributed by atoms with Gasteiger partial charge in [-0.2, -0.15) is 0 Å². The SMILES string of the molecule is COCCOCCNC(C)C(=O)N1CCCCCC1. The Balaban J connectivity index is 2.13. The predicted molar refractivity (Wildman–Crippen MR) is 75.2 cm³/mol. The lowest BCUT2D eigenvalue weighted by atomic mass is 10.2. The molecule has 1 unspecified atom stereocenters. The van der Waals surface area contributed by atoms with Gasteiger partial charge in [-0.1, -0.05) is 12.8 Å². The van der Waals surface area contributed by atoms with Crippen LogP contribution in [-0.4, -0.2) is 63.4 Å². The van der Waals surface area contributed by atoms with E-state index in [2.05, 4.69) is 5.32 Å². The minimum atomic E-state index is -0.121. The number of nitrogens with one attached hydrogen (secondary N) is 1. The normalized spacial score (nSPS) is 18.1. The van der Waals surface area contributed by atoms with Gasteiger partial charge in [-0.25, -0.2) is 0 Å². The van der Waals surface area contributed by atoms with Crippen molar-refractivity contribution in [2.45, 2.75) is 38.6 Å². The maximum Gasteiger partial charge on any atom is 0.239 e. The lowest BCUT2D eigenvalue weighted by Gasteiger charge is -2.24. The molecule has 112 valence electrons. The van der Waals surface area contributed by atoms with Gasteiger partial charge >= 0.3 is 0 Å². The topological polar surface area (TPSA) is 50.8 Å². The summed E-state index contributed by atoms with van der Waals surface area (Å²) in [6, 6.07) is -0.121. The Bertz CT molecular complexity index is 241. The van der Waals surface area contributed by atoms with Crippen molar-refractivity contribution in [1.29, 1.82) is 0 Å². The zero-order chi connectivity index (χ0) is 13.9. The van der Waals surface area contributed by atoms with Gasteiger partial charge in [0.05, 0.1) is 25.9 Å². The molecule has 0 aromatic heterocycles. The summed E-state index contributed by atoms with van der Waals surface area (Å²) in [7, 11) is 1.66. The van der Waals surface area contributed by atoms with Gasteiger partial charge in [0.25, 0.3) is 0 Å². The molecule has 19 heavy (non-hydrogen) atoms. The van der Waals surface area contributed by atoms with E-state index < -0.39 is 0 Å². The number of amides is 1. The number of hydrogen-bond acceptors (Lipinski definition) is 4.